The van der Waals surface area contributed by atoms with Crippen molar-refractivity contribution in [1.29, 1.82) is 0 Å². The lowest BCUT2D eigenvalue weighted by molar-refractivity contribution is 0.396. The molecular formula is C16H22BrNO. The van der Waals surface area contributed by atoms with Crippen LogP contribution in [0.2, 0.25) is 0 Å². The summed E-state index contributed by atoms with van der Waals surface area (Å²) in [5, 5.41) is 3.66. The van der Waals surface area contributed by atoms with Crippen LogP contribution in [0, 0.1) is 5.92 Å². The molecule has 1 aromatic rings. The highest BCUT2D eigenvalue weighted by Crippen LogP contribution is 2.32. The summed E-state index contributed by atoms with van der Waals surface area (Å²) in [6.45, 7) is 1.03. The molecule has 2 fully saturated rings. The van der Waals surface area contributed by atoms with Gasteiger partial charge in [0.05, 0.1) is 10.7 Å². The Morgan fingerprint density at radius 2 is 2.05 bits per heavy atom. The Balaban J connectivity index is 1.73. The molecule has 0 saturated heterocycles. The minimum Gasteiger partial charge on any atom is -0.464 e. The summed E-state index contributed by atoms with van der Waals surface area (Å²) in [7, 11) is 0. The molecule has 0 atom stereocenters. The van der Waals surface area contributed by atoms with E-state index in [2.05, 4.69) is 27.3 Å². The first kappa shape index (κ1) is 13.4. The monoisotopic (exact) mass is 323 g/mol. The molecule has 2 aliphatic carbocycles. The highest BCUT2D eigenvalue weighted by atomic mass is 79.9. The first-order valence-corrected chi connectivity index (χ1v) is 8.29. The Labute approximate surface area is 123 Å². The Kier molecular flexibility index (Phi) is 4.44. The molecule has 2 aliphatic rings. The van der Waals surface area contributed by atoms with Crippen molar-refractivity contribution in [2.24, 2.45) is 5.92 Å². The third-order valence-electron chi connectivity index (χ3n) is 4.26. The van der Waals surface area contributed by atoms with Crippen LogP contribution in [-0.4, -0.2) is 12.6 Å². The molecule has 1 N–H and O–H groups in total. The maximum atomic E-state index is 5.56. The van der Waals surface area contributed by atoms with E-state index in [4.69, 9.17) is 4.42 Å². The molecule has 2 saturated carbocycles. The van der Waals surface area contributed by atoms with Gasteiger partial charge in [-0.1, -0.05) is 19.3 Å². The standard InChI is InChI=1S/C16H22BrNO/c17-15-8-9-19-16(15)10-13(11-18-14-6-7-14)12-4-2-1-3-5-12/h8-10,12,14,18H,1-7,11H2/b13-10-. The quantitative estimate of drug-likeness (QED) is 0.845. The molecule has 0 amide bonds. The fourth-order valence-electron chi connectivity index (χ4n) is 2.91. The van der Waals surface area contributed by atoms with Gasteiger partial charge in [-0.05, 0) is 65.2 Å². The normalized spacial score (nSPS) is 21.8. The molecule has 0 unspecified atom stereocenters. The predicted octanol–water partition coefficient (Wildman–Crippen LogP) is 4.76. The SMILES string of the molecule is Brc1ccoc1/C=C(/CNC1CC1)C1CCCCC1. The van der Waals surface area contributed by atoms with Crippen molar-refractivity contribution in [1.82, 2.24) is 5.32 Å². The van der Waals surface area contributed by atoms with E-state index < -0.39 is 0 Å². The van der Waals surface area contributed by atoms with Gasteiger partial charge in [0.2, 0.25) is 0 Å². The molecule has 0 radical (unpaired) electrons. The lowest BCUT2D eigenvalue weighted by Gasteiger charge is -2.25. The van der Waals surface area contributed by atoms with Crippen LogP contribution in [0.3, 0.4) is 0 Å². The van der Waals surface area contributed by atoms with Crippen LogP contribution in [0.4, 0.5) is 0 Å². The van der Waals surface area contributed by atoms with Crippen molar-refractivity contribution < 1.29 is 4.42 Å². The van der Waals surface area contributed by atoms with E-state index in [1.54, 1.807) is 6.26 Å². The molecule has 3 rings (SSSR count). The maximum Gasteiger partial charge on any atom is 0.140 e. The van der Waals surface area contributed by atoms with Crippen LogP contribution < -0.4 is 5.32 Å². The van der Waals surface area contributed by atoms with Crippen molar-refractivity contribution in [2.45, 2.75) is 51.0 Å². The van der Waals surface area contributed by atoms with Crippen LogP contribution in [0.5, 0.6) is 0 Å². The molecule has 0 bridgehead atoms. The molecular weight excluding hydrogens is 302 g/mol. The number of halogens is 1. The summed E-state index contributed by atoms with van der Waals surface area (Å²) in [6, 6.07) is 2.74. The molecule has 3 heteroatoms. The van der Waals surface area contributed by atoms with E-state index in [0.717, 1.165) is 28.7 Å². The van der Waals surface area contributed by atoms with Crippen molar-refractivity contribution in [3.05, 3.63) is 28.1 Å². The van der Waals surface area contributed by atoms with Gasteiger partial charge in [0.15, 0.2) is 0 Å². The van der Waals surface area contributed by atoms with E-state index in [1.165, 1.54) is 50.5 Å². The Morgan fingerprint density at radius 1 is 1.26 bits per heavy atom. The van der Waals surface area contributed by atoms with Crippen molar-refractivity contribution in [3.63, 3.8) is 0 Å². The lowest BCUT2D eigenvalue weighted by atomic mass is 9.83. The van der Waals surface area contributed by atoms with Gasteiger partial charge < -0.3 is 9.73 Å². The number of nitrogens with one attached hydrogen (secondary N) is 1. The molecule has 1 aromatic heterocycles. The smallest absolute Gasteiger partial charge is 0.140 e. The van der Waals surface area contributed by atoms with Crippen LogP contribution in [-0.2, 0) is 0 Å². The van der Waals surface area contributed by atoms with Gasteiger partial charge in [0.25, 0.3) is 0 Å². The number of hydrogen-bond donors (Lipinski definition) is 1. The van der Waals surface area contributed by atoms with E-state index in [-0.39, 0.29) is 0 Å². The van der Waals surface area contributed by atoms with Gasteiger partial charge in [0.1, 0.15) is 5.76 Å². The van der Waals surface area contributed by atoms with Gasteiger partial charge in [-0.25, -0.2) is 0 Å². The fourth-order valence-corrected chi connectivity index (χ4v) is 3.23. The highest BCUT2D eigenvalue weighted by molar-refractivity contribution is 9.10. The Morgan fingerprint density at radius 3 is 2.68 bits per heavy atom. The second-order valence-electron chi connectivity index (χ2n) is 5.84. The summed E-state index contributed by atoms with van der Waals surface area (Å²) >= 11 is 3.55. The van der Waals surface area contributed by atoms with Gasteiger partial charge in [0, 0.05) is 12.6 Å². The van der Waals surface area contributed by atoms with Crippen molar-refractivity contribution in [2.75, 3.05) is 6.54 Å². The van der Waals surface area contributed by atoms with Crippen LogP contribution in [0.15, 0.2) is 26.8 Å². The largest absolute Gasteiger partial charge is 0.464 e. The lowest BCUT2D eigenvalue weighted by Crippen LogP contribution is -2.23. The zero-order chi connectivity index (χ0) is 13.1. The predicted molar refractivity (Wildman–Crippen MR) is 82.0 cm³/mol. The fraction of sp³-hybridized carbons (Fsp3) is 0.625. The molecule has 0 aromatic carbocycles. The number of rotatable bonds is 5. The summed E-state index contributed by atoms with van der Waals surface area (Å²) in [5.41, 5.74) is 1.53. The minimum absolute atomic E-state index is 0.747. The third kappa shape index (κ3) is 3.73. The topological polar surface area (TPSA) is 25.2 Å². The van der Waals surface area contributed by atoms with Crippen LogP contribution in [0.1, 0.15) is 50.7 Å². The molecule has 0 spiro atoms. The molecule has 0 aliphatic heterocycles. The van der Waals surface area contributed by atoms with Gasteiger partial charge in [-0.3, -0.25) is 0 Å². The average Bonchev–Trinajstić information content (AvgIpc) is 3.19. The molecule has 104 valence electrons. The number of hydrogen-bond acceptors (Lipinski definition) is 2. The summed E-state index contributed by atoms with van der Waals surface area (Å²) in [6.07, 6.45) is 13.6. The Bertz CT molecular complexity index is 441. The summed E-state index contributed by atoms with van der Waals surface area (Å²) < 4.78 is 6.62. The first-order valence-electron chi connectivity index (χ1n) is 7.50. The van der Waals surface area contributed by atoms with E-state index in [9.17, 15) is 0 Å². The molecule has 19 heavy (non-hydrogen) atoms. The second kappa shape index (κ2) is 6.27. The Hall–Kier alpha value is -0.540. The van der Waals surface area contributed by atoms with E-state index >= 15 is 0 Å². The van der Waals surface area contributed by atoms with Crippen molar-refractivity contribution >= 4 is 22.0 Å². The first-order chi connectivity index (χ1) is 9.33. The zero-order valence-corrected chi connectivity index (χ0v) is 12.9. The van der Waals surface area contributed by atoms with Crippen LogP contribution in [0.25, 0.3) is 6.08 Å². The zero-order valence-electron chi connectivity index (χ0n) is 11.3. The van der Waals surface area contributed by atoms with Gasteiger partial charge in [-0.2, -0.15) is 0 Å². The van der Waals surface area contributed by atoms with Gasteiger partial charge in [-0.15, -0.1) is 0 Å². The molecule has 2 nitrogen and oxygen atoms in total. The summed E-state index contributed by atoms with van der Waals surface area (Å²) in [5.74, 6) is 1.72. The average molecular weight is 324 g/mol. The van der Waals surface area contributed by atoms with Crippen LogP contribution >= 0.6 is 15.9 Å². The molecule has 1 heterocycles. The number of furan rings is 1. The van der Waals surface area contributed by atoms with E-state index in [1.807, 2.05) is 6.07 Å². The van der Waals surface area contributed by atoms with Gasteiger partial charge >= 0.3 is 0 Å². The second-order valence-corrected chi connectivity index (χ2v) is 6.70. The minimum atomic E-state index is 0.747. The van der Waals surface area contributed by atoms with E-state index in [0.29, 0.717) is 0 Å². The third-order valence-corrected chi connectivity index (χ3v) is 4.92. The van der Waals surface area contributed by atoms with Crippen molar-refractivity contribution in [3.8, 4) is 0 Å². The maximum absolute atomic E-state index is 5.56. The highest BCUT2D eigenvalue weighted by Gasteiger charge is 2.23. The summed E-state index contributed by atoms with van der Waals surface area (Å²) in [4.78, 5) is 0.